The van der Waals surface area contributed by atoms with Crippen molar-refractivity contribution in [1.82, 2.24) is 9.97 Å². The molecule has 0 saturated heterocycles. The van der Waals surface area contributed by atoms with E-state index in [1.54, 1.807) is 13.0 Å². The standard InChI is InChI=1S/C20H20N2O3S/c1-3-25-20(24)15(12-26-14-10-8-13(2)9-11-14)18-19(23)22-17-7-5-4-6-16(17)21-18/h4-11,15H,3,12H2,1-2H3,(H,22,23). The number of nitrogens with zero attached hydrogens (tertiary/aromatic N) is 1. The van der Waals surface area contributed by atoms with Gasteiger partial charge in [0, 0.05) is 10.6 Å². The molecule has 3 rings (SSSR count). The van der Waals surface area contributed by atoms with Crippen LogP contribution in [0.3, 0.4) is 0 Å². The summed E-state index contributed by atoms with van der Waals surface area (Å²) in [7, 11) is 0. The van der Waals surface area contributed by atoms with Gasteiger partial charge in [0.2, 0.25) is 0 Å². The Hall–Kier alpha value is -2.60. The van der Waals surface area contributed by atoms with E-state index in [0.717, 1.165) is 4.90 Å². The monoisotopic (exact) mass is 368 g/mol. The van der Waals surface area contributed by atoms with Crippen LogP contribution in [0, 0.1) is 6.92 Å². The highest BCUT2D eigenvalue weighted by molar-refractivity contribution is 7.99. The van der Waals surface area contributed by atoms with E-state index >= 15 is 0 Å². The largest absolute Gasteiger partial charge is 0.465 e. The Morgan fingerprint density at radius 2 is 1.92 bits per heavy atom. The molecular formula is C20H20N2O3S. The van der Waals surface area contributed by atoms with E-state index in [2.05, 4.69) is 9.97 Å². The van der Waals surface area contributed by atoms with Gasteiger partial charge in [-0.15, -0.1) is 11.8 Å². The fourth-order valence-electron chi connectivity index (χ4n) is 2.60. The van der Waals surface area contributed by atoms with Gasteiger partial charge in [0.05, 0.1) is 17.6 Å². The third-order valence-electron chi connectivity index (χ3n) is 3.96. The van der Waals surface area contributed by atoms with Gasteiger partial charge in [-0.2, -0.15) is 0 Å². The number of hydrogen-bond donors (Lipinski definition) is 1. The van der Waals surface area contributed by atoms with E-state index < -0.39 is 11.9 Å². The van der Waals surface area contributed by atoms with Crippen molar-refractivity contribution in [2.45, 2.75) is 24.7 Å². The van der Waals surface area contributed by atoms with Gasteiger partial charge in [-0.25, -0.2) is 4.98 Å². The first-order chi connectivity index (χ1) is 12.6. The van der Waals surface area contributed by atoms with E-state index in [0.29, 0.717) is 16.8 Å². The summed E-state index contributed by atoms with van der Waals surface area (Å²) in [6, 6.07) is 15.3. The summed E-state index contributed by atoms with van der Waals surface area (Å²) in [5, 5.41) is 0. The molecule has 5 nitrogen and oxygen atoms in total. The Balaban J connectivity index is 1.93. The van der Waals surface area contributed by atoms with Gasteiger partial charge in [-0.1, -0.05) is 29.8 Å². The number of benzene rings is 2. The number of nitrogens with one attached hydrogen (secondary N) is 1. The SMILES string of the molecule is CCOC(=O)C(CSc1ccc(C)cc1)c1nc2ccccc2[nH]c1=O. The predicted molar refractivity (Wildman–Crippen MR) is 104 cm³/mol. The van der Waals surface area contributed by atoms with E-state index in [1.807, 2.05) is 49.4 Å². The second-order valence-electron chi connectivity index (χ2n) is 5.90. The molecule has 0 aliphatic heterocycles. The number of aryl methyl sites for hydroxylation is 1. The Morgan fingerprint density at radius 1 is 1.19 bits per heavy atom. The lowest BCUT2D eigenvalue weighted by molar-refractivity contribution is -0.144. The van der Waals surface area contributed by atoms with Gasteiger partial charge in [-0.05, 0) is 38.1 Å². The molecule has 0 radical (unpaired) electrons. The lowest BCUT2D eigenvalue weighted by atomic mass is 10.1. The Bertz CT molecular complexity index is 967. The van der Waals surface area contributed by atoms with Crippen molar-refractivity contribution in [2.75, 3.05) is 12.4 Å². The number of fused-ring (bicyclic) bond motifs is 1. The van der Waals surface area contributed by atoms with E-state index in [4.69, 9.17) is 4.74 Å². The van der Waals surface area contributed by atoms with Gasteiger partial charge in [-0.3, -0.25) is 9.59 Å². The molecule has 0 aliphatic carbocycles. The van der Waals surface area contributed by atoms with Gasteiger partial charge in [0.15, 0.2) is 0 Å². The molecular weight excluding hydrogens is 348 g/mol. The van der Waals surface area contributed by atoms with Gasteiger partial charge < -0.3 is 9.72 Å². The fourth-order valence-corrected chi connectivity index (χ4v) is 3.58. The zero-order valence-electron chi connectivity index (χ0n) is 14.7. The molecule has 1 unspecified atom stereocenters. The van der Waals surface area contributed by atoms with Gasteiger partial charge in [0.1, 0.15) is 11.6 Å². The molecule has 1 heterocycles. The molecule has 1 aromatic heterocycles. The molecule has 1 atom stereocenters. The van der Waals surface area contributed by atoms with Crippen LogP contribution in [0.15, 0.2) is 58.2 Å². The summed E-state index contributed by atoms with van der Waals surface area (Å²) in [6.07, 6.45) is 0. The minimum Gasteiger partial charge on any atom is -0.465 e. The Labute approximate surface area is 155 Å². The minimum atomic E-state index is -0.727. The zero-order chi connectivity index (χ0) is 18.5. The number of carbonyl (C=O) groups excluding carboxylic acids is 1. The van der Waals surface area contributed by atoms with Crippen LogP contribution in [0.5, 0.6) is 0 Å². The van der Waals surface area contributed by atoms with Crippen molar-refractivity contribution < 1.29 is 9.53 Å². The molecule has 0 fully saturated rings. The number of para-hydroxylation sites is 2. The molecule has 0 saturated carbocycles. The molecule has 2 aromatic carbocycles. The van der Waals surface area contributed by atoms with E-state index in [-0.39, 0.29) is 17.9 Å². The number of ether oxygens (including phenoxy) is 1. The smallest absolute Gasteiger partial charge is 0.316 e. The maximum Gasteiger partial charge on any atom is 0.316 e. The maximum absolute atomic E-state index is 12.5. The number of rotatable bonds is 6. The fraction of sp³-hybridized carbons (Fsp3) is 0.250. The summed E-state index contributed by atoms with van der Waals surface area (Å²) in [4.78, 5) is 33.3. The second kappa shape index (κ2) is 8.19. The van der Waals surface area contributed by atoms with Gasteiger partial charge >= 0.3 is 5.97 Å². The van der Waals surface area contributed by atoms with E-state index in [9.17, 15) is 9.59 Å². The van der Waals surface area contributed by atoms with Crippen LogP contribution < -0.4 is 5.56 Å². The molecule has 1 N–H and O–H groups in total. The molecule has 0 aliphatic rings. The molecule has 134 valence electrons. The summed E-state index contributed by atoms with van der Waals surface area (Å²) >= 11 is 1.51. The average Bonchev–Trinajstić information content (AvgIpc) is 2.64. The van der Waals surface area contributed by atoms with Crippen molar-refractivity contribution in [3.63, 3.8) is 0 Å². The Morgan fingerprint density at radius 3 is 2.65 bits per heavy atom. The van der Waals surface area contributed by atoms with Crippen LogP contribution in [0.2, 0.25) is 0 Å². The number of hydrogen-bond acceptors (Lipinski definition) is 5. The van der Waals surface area contributed by atoms with Crippen LogP contribution in [-0.2, 0) is 9.53 Å². The molecule has 26 heavy (non-hydrogen) atoms. The molecule has 0 amide bonds. The van der Waals surface area contributed by atoms with Crippen molar-refractivity contribution in [3.05, 3.63) is 70.1 Å². The third kappa shape index (κ3) is 4.14. The summed E-state index contributed by atoms with van der Waals surface area (Å²) in [6.45, 7) is 4.03. The van der Waals surface area contributed by atoms with Crippen LogP contribution in [0.25, 0.3) is 11.0 Å². The van der Waals surface area contributed by atoms with Crippen LogP contribution in [0.1, 0.15) is 24.1 Å². The number of H-pyrrole nitrogens is 1. The Kier molecular flexibility index (Phi) is 5.73. The van der Waals surface area contributed by atoms with Crippen molar-refractivity contribution >= 4 is 28.8 Å². The highest BCUT2D eigenvalue weighted by atomic mass is 32.2. The highest BCUT2D eigenvalue weighted by Gasteiger charge is 2.27. The molecule has 0 bridgehead atoms. The highest BCUT2D eigenvalue weighted by Crippen LogP contribution is 2.26. The number of aromatic nitrogens is 2. The lowest BCUT2D eigenvalue weighted by Crippen LogP contribution is -2.27. The summed E-state index contributed by atoms with van der Waals surface area (Å²) in [5.41, 5.74) is 2.31. The van der Waals surface area contributed by atoms with Crippen LogP contribution in [-0.4, -0.2) is 28.3 Å². The van der Waals surface area contributed by atoms with Crippen LogP contribution in [0.4, 0.5) is 0 Å². The number of carbonyl (C=O) groups is 1. The third-order valence-corrected chi connectivity index (χ3v) is 5.07. The van der Waals surface area contributed by atoms with Gasteiger partial charge in [0.25, 0.3) is 5.56 Å². The predicted octanol–water partition coefficient (Wildman–Crippen LogP) is 3.67. The average molecular weight is 368 g/mol. The summed E-state index contributed by atoms with van der Waals surface area (Å²) in [5.74, 6) is -0.772. The quantitative estimate of drug-likeness (QED) is 0.531. The first-order valence-electron chi connectivity index (χ1n) is 8.43. The first-order valence-corrected chi connectivity index (χ1v) is 9.42. The zero-order valence-corrected chi connectivity index (χ0v) is 15.5. The maximum atomic E-state index is 12.5. The first kappa shape index (κ1) is 18.2. The summed E-state index contributed by atoms with van der Waals surface area (Å²) < 4.78 is 5.19. The molecule has 0 spiro atoms. The number of aromatic amines is 1. The van der Waals surface area contributed by atoms with Crippen molar-refractivity contribution in [3.8, 4) is 0 Å². The lowest BCUT2D eigenvalue weighted by Gasteiger charge is -2.15. The normalized spacial score (nSPS) is 12.1. The molecule has 3 aromatic rings. The van der Waals surface area contributed by atoms with Crippen molar-refractivity contribution in [2.24, 2.45) is 0 Å². The minimum absolute atomic E-state index is 0.196. The number of thioether (sulfide) groups is 1. The topological polar surface area (TPSA) is 72.0 Å². The molecule has 6 heteroatoms. The second-order valence-corrected chi connectivity index (χ2v) is 6.99. The number of esters is 1. The van der Waals surface area contributed by atoms with Crippen LogP contribution >= 0.6 is 11.8 Å². The van der Waals surface area contributed by atoms with E-state index in [1.165, 1.54) is 17.3 Å². The van der Waals surface area contributed by atoms with Crippen molar-refractivity contribution in [1.29, 1.82) is 0 Å².